The summed E-state index contributed by atoms with van der Waals surface area (Å²) in [5.74, 6) is -3.14. The molecule has 1 aliphatic heterocycles. The molecule has 282 valence electrons. The number of ether oxygens (including phenoxy) is 1. The third-order valence-electron chi connectivity index (χ3n) is 10.1. The van der Waals surface area contributed by atoms with Crippen molar-refractivity contribution in [1.82, 2.24) is 20.1 Å². The van der Waals surface area contributed by atoms with E-state index in [2.05, 4.69) is 15.2 Å². The lowest BCUT2D eigenvalue weighted by Crippen LogP contribution is -2.48. The highest BCUT2D eigenvalue weighted by Crippen LogP contribution is 2.34. The largest absolute Gasteiger partial charge is 0.481 e. The highest BCUT2D eigenvalue weighted by molar-refractivity contribution is 7.12. The molecule has 0 spiro atoms. The number of piperidine rings is 1. The molecule has 6 atom stereocenters. The van der Waals surface area contributed by atoms with Crippen LogP contribution in [0.4, 0.5) is 0 Å². The summed E-state index contributed by atoms with van der Waals surface area (Å²) >= 11 is 1.26. The van der Waals surface area contributed by atoms with Gasteiger partial charge in [0.15, 0.2) is 11.9 Å². The van der Waals surface area contributed by atoms with Gasteiger partial charge in [0.25, 0.3) is 5.91 Å². The van der Waals surface area contributed by atoms with E-state index in [1.165, 1.54) is 18.3 Å². The van der Waals surface area contributed by atoms with Crippen molar-refractivity contribution in [3.63, 3.8) is 0 Å². The van der Waals surface area contributed by atoms with Gasteiger partial charge in [-0.25, -0.2) is 4.98 Å². The zero-order valence-electron chi connectivity index (χ0n) is 31.8. The predicted molar refractivity (Wildman–Crippen MR) is 198 cm³/mol. The molecule has 0 aliphatic carbocycles. The van der Waals surface area contributed by atoms with Gasteiger partial charge in [0.1, 0.15) is 10.7 Å². The fourth-order valence-corrected chi connectivity index (χ4v) is 7.96. The Morgan fingerprint density at radius 3 is 2.27 bits per heavy atom. The molecule has 2 heterocycles. The van der Waals surface area contributed by atoms with Crippen LogP contribution in [-0.4, -0.2) is 88.2 Å². The predicted octanol–water partition coefficient (Wildman–Crippen LogP) is 6.10. The summed E-state index contributed by atoms with van der Waals surface area (Å²) < 4.78 is 5.81. The maximum Gasteiger partial charge on any atom is 0.306 e. The van der Waals surface area contributed by atoms with Crippen LogP contribution in [0.5, 0.6) is 0 Å². The molecular weight excluding hydrogens is 669 g/mol. The summed E-state index contributed by atoms with van der Waals surface area (Å²) in [6, 6.07) is 8.59. The van der Waals surface area contributed by atoms with E-state index < -0.39 is 41.8 Å². The summed E-state index contributed by atoms with van der Waals surface area (Å²) in [5.41, 5.74) is 1.15. The van der Waals surface area contributed by atoms with Gasteiger partial charge in [-0.1, -0.05) is 71.4 Å². The van der Waals surface area contributed by atoms with Gasteiger partial charge in [-0.15, -0.1) is 11.3 Å². The Balaban J connectivity index is 1.83. The summed E-state index contributed by atoms with van der Waals surface area (Å²) in [5, 5.41) is 13.0. The Morgan fingerprint density at radius 2 is 1.71 bits per heavy atom. The molecule has 1 aliphatic rings. The number of thiazole rings is 1. The normalized spacial score (nSPS) is 18.1. The number of Topliss-reactive ketones (excluding diaryl/α,β-unsaturated/α-hetero) is 1. The molecule has 12 heteroatoms. The van der Waals surface area contributed by atoms with Crippen LogP contribution in [0.15, 0.2) is 30.3 Å². The molecule has 1 saturated heterocycles. The van der Waals surface area contributed by atoms with Crippen LogP contribution < -0.4 is 5.32 Å². The minimum Gasteiger partial charge on any atom is -0.481 e. The fourth-order valence-electron chi connectivity index (χ4n) is 7.00. The van der Waals surface area contributed by atoms with Crippen LogP contribution >= 0.6 is 11.3 Å². The highest BCUT2D eigenvalue weighted by atomic mass is 32.1. The Hall–Kier alpha value is -3.64. The fraction of sp³-hybridized carbons (Fsp3) is 0.641. The van der Waals surface area contributed by atoms with Gasteiger partial charge < -0.3 is 20.1 Å². The van der Waals surface area contributed by atoms with Crippen molar-refractivity contribution in [2.24, 2.45) is 23.7 Å². The number of carbonyl (C=O) groups is 5. The molecule has 2 amide bonds. The number of nitrogens with one attached hydrogen (secondary N) is 1. The number of likely N-dealkylation sites (N-methyl/N-ethyl adjacent to an activating group) is 1. The van der Waals surface area contributed by atoms with E-state index in [4.69, 9.17) is 4.74 Å². The van der Waals surface area contributed by atoms with Crippen molar-refractivity contribution in [2.45, 2.75) is 118 Å². The van der Waals surface area contributed by atoms with Gasteiger partial charge >= 0.3 is 11.9 Å². The zero-order chi connectivity index (χ0) is 38.0. The van der Waals surface area contributed by atoms with Crippen molar-refractivity contribution >= 4 is 40.9 Å². The summed E-state index contributed by atoms with van der Waals surface area (Å²) in [6.07, 6.45) is 3.18. The van der Waals surface area contributed by atoms with Gasteiger partial charge in [-0.2, -0.15) is 0 Å². The van der Waals surface area contributed by atoms with Crippen molar-refractivity contribution in [3.05, 3.63) is 51.5 Å². The average molecular weight is 727 g/mol. The van der Waals surface area contributed by atoms with E-state index in [1.54, 1.807) is 25.8 Å². The molecule has 1 aromatic heterocycles. The van der Waals surface area contributed by atoms with E-state index in [0.29, 0.717) is 16.3 Å². The maximum atomic E-state index is 14.1. The lowest BCUT2D eigenvalue weighted by atomic mass is 9.84. The van der Waals surface area contributed by atoms with Crippen molar-refractivity contribution < 1.29 is 33.8 Å². The Kier molecular flexibility index (Phi) is 15.8. The number of carboxylic acids is 1. The first kappa shape index (κ1) is 41.8. The van der Waals surface area contributed by atoms with Crippen LogP contribution in [0.1, 0.15) is 112 Å². The molecule has 0 unspecified atom stereocenters. The Morgan fingerprint density at radius 1 is 1.04 bits per heavy atom. The van der Waals surface area contributed by atoms with Crippen LogP contribution in [0.2, 0.25) is 0 Å². The smallest absolute Gasteiger partial charge is 0.306 e. The second-order valence-electron chi connectivity index (χ2n) is 14.9. The monoisotopic (exact) mass is 726 g/mol. The Bertz CT molecular complexity index is 1490. The van der Waals surface area contributed by atoms with Crippen LogP contribution in [0.3, 0.4) is 0 Å². The summed E-state index contributed by atoms with van der Waals surface area (Å²) in [6.45, 7) is 13.5. The third-order valence-corrected chi connectivity index (χ3v) is 11.1. The van der Waals surface area contributed by atoms with Gasteiger partial charge in [0, 0.05) is 49.7 Å². The van der Waals surface area contributed by atoms with E-state index >= 15 is 0 Å². The minimum atomic E-state index is -0.940. The first-order valence-corrected chi connectivity index (χ1v) is 19.0. The minimum absolute atomic E-state index is 0.0243. The molecule has 0 saturated carbocycles. The third kappa shape index (κ3) is 12.0. The maximum absolute atomic E-state index is 14.1. The van der Waals surface area contributed by atoms with Gasteiger partial charge in [0.05, 0.1) is 12.0 Å². The van der Waals surface area contributed by atoms with Crippen molar-refractivity contribution in [2.75, 3.05) is 20.6 Å². The van der Waals surface area contributed by atoms with Gasteiger partial charge in [-0.3, -0.25) is 28.9 Å². The topological polar surface area (TPSA) is 146 Å². The number of esters is 1. The van der Waals surface area contributed by atoms with Crippen LogP contribution in [0, 0.1) is 30.6 Å². The number of likely N-dealkylation sites (tertiary alicyclic amines) is 1. The molecule has 3 rings (SSSR count). The van der Waals surface area contributed by atoms with Crippen molar-refractivity contribution in [1.29, 1.82) is 0 Å². The number of benzene rings is 1. The van der Waals surface area contributed by atoms with Gasteiger partial charge in [-0.05, 0) is 63.6 Å². The summed E-state index contributed by atoms with van der Waals surface area (Å²) in [4.78, 5) is 74.4. The molecule has 0 radical (unpaired) electrons. The molecule has 0 bridgehead atoms. The number of aromatic nitrogens is 1. The first-order chi connectivity index (χ1) is 24.0. The lowest BCUT2D eigenvalue weighted by molar-refractivity contribution is -0.149. The lowest BCUT2D eigenvalue weighted by Gasteiger charge is -2.37. The average Bonchev–Trinajstić information content (AvgIpc) is 3.46. The number of aryl methyl sites for hydroxylation is 1. The second-order valence-corrected chi connectivity index (χ2v) is 16.1. The standard InChI is InChI=1S/C39H58N4O7S/c1-23(2)30(21-33(45)31-17-13-14-18-42(31)8)38(47)43(9)32(24(3)4)22-34(50-27(7)44)37-41-35(26(6)51-37)36(46)40-29(19-25(5)39(48)49)20-28-15-11-10-12-16-28/h10-12,15-16,23-25,29-32,34H,13-14,17-22H2,1-9H3,(H,40,46)(H,48,49)/t25-,29+,30-,31+,32+,34+/m0/s1. The highest BCUT2D eigenvalue weighted by Gasteiger charge is 2.37. The Labute approximate surface area is 307 Å². The number of hydrogen-bond donors (Lipinski definition) is 2. The van der Waals surface area contributed by atoms with E-state index in [-0.39, 0.29) is 60.6 Å². The molecule has 51 heavy (non-hydrogen) atoms. The van der Waals surface area contributed by atoms with E-state index in [0.717, 1.165) is 31.4 Å². The van der Waals surface area contributed by atoms with E-state index in [9.17, 15) is 29.1 Å². The number of nitrogens with zero attached hydrogens (tertiary/aromatic N) is 3. The number of carbonyl (C=O) groups excluding carboxylic acids is 4. The molecule has 1 fully saturated rings. The molecule has 2 aromatic rings. The zero-order valence-corrected chi connectivity index (χ0v) is 32.6. The van der Waals surface area contributed by atoms with Crippen LogP contribution in [0.25, 0.3) is 0 Å². The SMILES string of the molecule is CC(=O)O[C@H](C[C@H](C(C)C)N(C)C(=O)[C@@H](CC(=O)[C@H]1CCCCN1C)C(C)C)c1nc(C(=O)N[C@@H](Cc2ccccc2)C[C@H](C)C(=O)O)c(C)s1. The quantitative estimate of drug-likeness (QED) is 0.174. The molecule has 2 N–H and O–H groups in total. The molecular formula is C39H58N4O7S. The van der Waals surface area contributed by atoms with Crippen LogP contribution in [-0.2, 0) is 30.3 Å². The number of amides is 2. The first-order valence-electron chi connectivity index (χ1n) is 18.2. The molecule has 11 nitrogen and oxygen atoms in total. The second kappa shape index (κ2) is 19.3. The number of carboxylic acid groups (broad SMARTS) is 1. The summed E-state index contributed by atoms with van der Waals surface area (Å²) in [7, 11) is 3.73. The number of hydrogen-bond acceptors (Lipinski definition) is 9. The van der Waals surface area contributed by atoms with Crippen molar-refractivity contribution in [3.8, 4) is 0 Å². The molecule has 1 aromatic carbocycles. The number of rotatable bonds is 18. The number of aliphatic carboxylic acids is 1. The number of ketones is 1. The van der Waals surface area contributed by atoms with Gasteiger partial charge in [0.2, 0.25) is 5.91 Å². The van der Waals surface area contributed by atoms with E-state index in [1.807, 2.05) is 65.1 Å².